The summed E-state index contributed by atoms with van der Waals surface area (Å²) in [6.45, 7) is 2.21. The molecule has 5 N–H and O–H groups in total. The number of nitrogens with one attached hydrogen (secondary N) is 1. The number of pyridine rings is 1. The van der Waals surface area contributed by atoms with E-state index < -0.39 is 0 Å². The van der Waals surface area contributed by atoms with E-state index in [1.807, 2.05) is 6.07 Å². The fraction of sp³-hybridized carbons (Fsp3) is 0.583. The number of nitrogen functional groups attached to an aromatic ring is 2. The first-order valence-electron chi connectivity index (χ1n) is 5.95. The largest absolute Gasteiger partial charge is 0.396 e. The predicted octanol–water partition coefficient (Wildman–Crippen LogP) is 2.24. The standard InChI is InChI=1S/C12H20N4/c1-8(9-4-2-3-5-9)15-11-7-6-10(13)12(14)16-11/h6-9H,2-5,13H2,1H3,(H3,14,15,16). The van der Waals surface area contributed by atoms with Crippen molar-refractivity contribution in [3.05, 3.63) is 12.1 Å². The molecule has 1 saturated carbocycles. The molecule has 4 nitrogen and oxygen atoms in total. The van der Waals surface area contributed by atoms with Crippen LogP contribution in [0.1, 0.15) is 32.6 Å². The summed E-state index contributed by atoms with van der Waals surface area (Å²) >= 11 is 0. The molecule has 1 aliphatic rings. The molecule has 1 aliphatic carbocycles. The number of aromatic nitrogens is 1. The highest BCUT2D eigenvalue weighted by molar-refractivity contribution is 5.61. The summed E-state index contributed by atoms with van der Waals surface area (Å²) in [5.74, 6) is 2.00. The molecule has 16 heavy (non-hydrogen) atoms. The third kappa shape index (κ3) is 2.38. The Morgan fingerprint density at radius 2 is 2.00 bits per heavy atom. The van der Waals surface area contributed by atoms with Crippen LogP contribution in [0.3, 0.4) is 0 Å². The summed E-state index contributed by atoms with van der Waals surface area (Å²) in [5.41, 5.74) is 11.8. The maximum absolute atomic E-state index is 5.67. The van der Waals surface area contributed by atoms with Gasteiger partial charge in [0.15, 0.2) is 0 Å². The number of hydrogen-bond donors (Lipinski definition) is 3. The summed E-state index contributed by atoms with van der Waals surface area (Å²) < 4.78 is 0. The van der Waals surface area contributed by atoms with E-state index in [9.17, 15) is 0 Å². The fourth-order valence-corrected chi connectivity index (χ4v) is 2.37. The molecule has 2 rings (SSSR count). The van der Waals surface area contributed by atoms with Crippen molar-refractivity contribution >= 4 is 17.3 Å². The number of nitrogens with zero attached hydrogens (tertiary/aromatic N) is 1. The van der Waals surface area contributed by atoms with Crippen molar-refractivity contribution < 1.29 is 0 Å². The minimum absolute atomic E-state index is 0.406. The van der Waals surface area contributed by atoms with Crippen molar-refractivity contribution in [2.24, 2.45) is 5.92 Å². The topological polar surface area (TPSA) is 77.0 Å². The Hall–Kier alpha value is -1.45. The highest BCUT2D eigenvalue weighted by atomic mass is 15.0. The van der Waals surface area contributed by atoms with Gasteiger partial charge in [0, 0.05) is 6.04 Å². The molecule has 0 aliphatic heterocycles. The SMILES string of the molecule is CC(Nc1ccc(N)c(N)n1)C1CCCC1. The van der Waals surface area contributed by atoms with Crippen LogP contribution in [-0.4, -0.2) is 11.0 Å². The summed E-state index contributed by atoms with van der Waals surface area (Å²) in [6, 6.07) is 4.14. The van der Waals surface area contributed by atoms with Crippen molar-refractivity contribution in [1.29, 1.82) is 0 Å². The molecule has 0 aromatic carbocycles. The molecule has 1 aromatic heterocycles. The van der Waals surface area contributed by atoms with Crippen molar-refractivity contribution in [2.45, 2.75) is 38.6 Å². The van der Waals surface area contributed by atoms with E-state index in [0.29, 0.717) is 17.5 Å². The summed E-state index contributed by atoms with van der Waals surface area (Å²) in [6.07, 6.45) is 5.35. The van der Waals surface area contributed by atoms with E-state index in [2.05, 4.69) is 17.2 Å². The fourth-order valence-electron chi connectivity index (χ4n) is 2.37. The van der Waals surface area contributed by atoms with Crippen LogP contribution in [0.5, 0.6) is 0 Å². The second-order valence-electron chi connectivity index (χ2n) is 4.65. The lowest BCUT2D eigenvalue weighted by Crippen LogP contribution is -2.24. The molecule has 1 fully saturated rings. The highest BCUT2D eigenvalue weighted by Crippen LogP contribution is 2.29. The van der Waals surface area contributed by atoms with E-state index in [-0.39, 0.29) is 0 Å². The zero-order chi connectivity index (χ0) is 11.5. The molecular weight excluding hydrogens is 200 g/mol. The van der Waals surface area contributed by atoms with Crippen LogP contribution in [-0.2, 0) is 0 Å². The average Bonchev–Trinajstić information content (AvgIpc) is 2.77. The van der Waals surface area contributed by atoms with Crippen LogP contribution in [0.15, 0.2) is 12.1 Å². The first-order chi connectivity index (χ1) is 7.66. The number of hydrogen-bond acceptors (Lipinski definition) is 4. The first-order valence-corrected chi connectivity index (χ1v) is 5.95. The van der Waals surface area contributed by atoms with E-state index in [4.69, 9.17) is 11.5 Å². The molecule has 0 spiro atoms. The summed E-state index contributed by atoms with van der Waals surface area (Å²) in [4.78, 5) is 4.23. The Labute approximate surface area is 96.4 Å². The van der Waals surface area contributed by atoms with Crippen LogP contribution >= 0.6 is 0 Å². The Kier molecular flexibility index (Phi) is 3.17. The van der Waals surface area contributed by atoms with Gasteiger partial charge >= 0.3 is 0 Å². The first kappa shape index (κ1) is 11.0. The van der Waals surface area contributed by atoms with Gasteiger partial charge < -0.3 is 16.8 Å². The van der Waals surface area contributed by atoms with E-state index in [1.165, 1.54) is 25.7 Å². The Morgan fingerprint density at radius 1 is 1.31 bits per heavy atom. The molecule has 1 unspecified atom stereocenters. The molecule has 0 saturated heterocycles. The highest BCUT2D eigenvalue weighted by Gasteiger charge is 2.21. The number of nitrogens with two attached hydrogens (primary N) is 2. The average molecular weight is 220 g/mol. The zero-order valence-corrected chi connectivity index (χ0v) is 9.74. The summed E-state index contributed by atoms with van der Waals surface area (Å²) in [7, 11) is 0. The van der Waals surface area contributed by atoms with Gasteiger partial charge in [0.25, 0.3) is 0 Å². The van der Waals surface area contributed by atoms with Crippen molar-refractivity contribution in [1.82, 2.24) is 4.98 Å². The van der Waals surface area contributed by atoms with Gasteiger partial charge in [0.05, 0.1) is 5.69 Å². The third-order valence-corrected chi connectivity index (χ3v) is 3.44. The van der Waals surface area contributed by atoms with Crippen molar-refractivity contribution in [2.75, 3.05) is 16.8 Å². The molecule has 0 radical (unpaired) electrons. The molecule has 88 valence electrons. The van der Waals surface area contributed by atoms with Gasteiger partial charge in [0.1, 0.15) is 11.6 Å². The van der Waals surface area contributed by atoms with Gasteiger partial charge in [-0.2, -0.15) is 0 Å². The third-order valence-electron chi connectivity index (χ3n) is 3.44. The number of rotatable bonds is 3. The van der Waals surface area contributed by atoms with Crippen LogP contribution in [0.25, 0.3) is 0 Å². The van der Waals surface area contributed by atoms with Gasteiger partial charge in [-0.3, -0.25) is 0 Å². The minimum Gasteiger partial charge on any atom is -0.396 e. The molecule has 1 heterocycles. The van der Waals surface area contributed by atoms with E-state index in [0.717, 1.165) is 11.7 Å². The lowest BCUT2D eigenvalue weighted by atomic mass is 10.00. The number of anilines is 3. The molecule has 0 amide bonds. The lowest BCUT2D eigenvalue weighted by Gasteiger charge is -2.21. The van der Waals surface area contributed by atoms with Crippen LogP contribution < -0.4 is 16.8 Å². The van der Waals surface area contributed by atoms with Gasteiger partial charge in [-0.1, -0.05) is 12.8 Å². The second-order valence-corrected chi connectivity index (χ2v) is 4.65. The monoisotopic (exact) mass is 220 g/mol. The van der Waals surface area contributed by atoms with Crippen LogP contribution in [0.2, 0.25) is 0 Å². The van der Waals surface area contributed by atoms with E-state index in [1.54, 1.807) is 6.07 Å². The maximum Gasteiger partial charge on any atom is 0.149 e. The minimum atomic E-state index is 0.406. The molecule has 1 aromatic rings. The van der Waals surface area contributed by atoms with Gasteiger partial charge in [-0.05, 0) is 37.8 Å². The zero-order valence-electron chi connectivity index (χ0n) is 9.74. The van der Waals surface area contributed by atoms with Gasteiger partial charge in [0.2, 0.25) is 0 Å². The van der Waals surface area contributed by atoms with Crippen molar-refractivity contribution in [3.8, 4) is 0 Å². The lowest BCUT2D eigenvalue weighted by molar-refractivity contribution is 0.481. The van der Waals surface area contributed by atoms with Crippen molar-refractivity contribution in [3.63, 3.8) is 0 Å². The second kappa shape index (κ2) is 4.60. The summed E-state index contributed by atoms with van der Waals surface area (Å²) in [5, 5.41) is 3.41. The quantitative estimate of drug-likeness (QED) is 0.730. The van der Waals surface area contributed by atoms with Gasteiger partial charge in [-0.25, -0.2) is 4.98 Å². The van der Waals surface area contributed by atoms with Gasteiger partial charge in [-0.15, -0.1) is 0 Å². The Morgan fingerprint density at radius 3 is 2.62 bits per heavy atom. The molecule has 4 heteroatoms. The van der Waals surface area contributed by atoms with E-state index >= 15 is 0 Å². The normalized spacial score (nSPS) is 18.6. The molecular formula is C12H20N4. The van der Waals surface area contributed by atoms with Crippen LogP contribution in [0.4, 0.5) is 17.3 Å². The smallest absolute Gasteiger partial charge is 0.149 e. The maximum atomic E-state index is 5.67. The van der Waals surface area contributed by atoms with Crippen LogP contribution in [0, 0.1) is 5.92 Å². The molecule has 1 atom stereocenters. The molecule has 0 bridgehead atoms. The Bertz CT molecular complexity index is 358. The Balaban J connectivity index is 1.99. The predicted molar refractivity (Wildman–Crippen MR) is 68.1 cm³/mol.